The highest BCUT2D eigenvalue weighted by molar-refractivity contribution is 5.94. The van der Waals surface area contributed by atoms with Crippen LogP contribution in [0.4, 0.5) is 30.5 Å². The van der Waals surface area contributed by atoms with Gasteiger partial charge in [-0.2, -0.15) is 13.2 Å². The second kappa shape index (κ2) is 10.7. The molecule has 0 radical (unpaired) electrons. The van der Waals surface area contributed by atoms with Crippen LogP contribution in [0.1, 0.15) is 34.8 Å². The number of fused-ring (bicyclic) bond motifs is 1. The Kier molecular flexibility index (Phi) is 7.18. The second-order valence-corrected chi connectivity index (χ2v) is 9.36. The second-order valence-electron chi connectivity index (χ2n) is 9.36. The molecular formula is C29H28F3N5O. The molecule has 0 saturated carbocycles. The first-order valence-corrected chi connectivity index (χ1v) is 12.6. The van der Waals surface area contributed by atoms with Crippen molar-refractivity contribution in [2.24, 2.45) is 0 Å². The summed E-state index contributed by atoms with van der Waals surface area (Å²) in [4.78, 5) is 26.0. The van der Waals surface area contributed by atoms with E-state index in [0.29, 0.717) is 35.5 Å². The lowest BCUT2D eigenvalue weighted by molar-refractivity contribution is -0.137. The van der Waals surface area contributed by atoms with Crippen LogP contribution in [-0.4, -0.2) is 47.0 Å². The lowest BCUT2D eigenvalue weighted by Crippen LogP contribution is -2.49. The van der Waals surface area contributed by atoms with E-state index in [-0.39, 0.29) is 11.4 Å². The van der Waals surface area contributed by atoms with E-state index in [2.05, 4.69) is 33.2 Å². The molecule has 9 heteroatoms. The molecule has 0 bridgehead atoms. The van der Waals surface area contributed by atoms with Crippen molar-refractivity contribution in [2.75, 3.05) is 36.4 Å². The number of aromatic nitrogens is 2. The van der Waals surface area contributed by atoms with Crippen molar-refractivity contribution in [1.29, 1.82) is 0 Å². The van der Waals surface area contributed by atoms with Gasteiger partial charge in [-0.1, -0.05) is 19.4 Å². The summed E-state index contributed by atoms with van der Waals surface area (Å²) in [6, 6.07) is 18.1. The van der Waals surface area contributed by atoms with Gasteiger partial charge in [-0.05, 0) is 72.6 Å². The average Bonchev–Trinajstić information content (AvgIpc) is 2.93. The molecule has 1 fully saturated rings. The van der Waals surface area contributed by atoms with Gasteiger partial charge in [0.25, 0.3) is 5.91 Å². The molecule has 196 valence electrons. The summed E-state index contributed by atoms with van der Waals surface area (Å²) >= 11 is 0. The van der Waals surface area contributed by atoms with Gasteiger partial charge in [0.05, 0.1) is 11.1 Å². The number of carbonyl (C=O) groups excluding carboxylic acids is 1. The Hall–Kier alpha value is -4.14. The van der Waals surface area contributed by atoms with E-state index in [4.69, 9.17) is 0 Å². The topological polar surface area (TPSA) is 61.4 Å². The van der Waals surface area contributed by atoms with Gasteiger partial charge < -0.3 is 15.1 Å². The van der Waals surface area contributed by atoms with Gasteiger partial charge in [0, 0.05) is 49.0 Å². The number of hydrogen-bond donors (Lipinski definition) is 1. The molecule has 1 N–H and O–H groups in total. The molecule has 0 unspecified atom stereocenters. The highest BCUT2D eigenvalue weighted by Crippen LogP contribution is 2.31. The first-order valence-electron chi connectivity index (χ1n) is 12.6. The number of carbonyl (C=O) groups is 1. The molecule has 1 aliphatic rings. The molecule has 5 rings (SSSR count). The van der Waals surface area contributed by atoms with Crippen LogP contribution in [0.2, 0.25) is 0 Å². The zero-order chi connectivity index (χ0) is 26.7. The van der Waals surface area contributed by atoms with Crippen molar-refractivity contribution in [3.05, 3.63) is 89.6 Å². The number of amides is 1. The SMILES string of the molecule is CCCc1ccnc(N2CCN(C(=O)c3ccc(Nc4ccc5ccc(C(F)(F)F)cc5n4)cc3)CC2)c1. The van der Waals surface area contributed by atoms with Gasteiger partial charge in [-0.3, -0.25) is 4.79 Å². The first kappa shape index (κ1) is 25.5. The third kappa shape index (κ3) is 5.72. The molecule has 1 aliphatic heterocycles. The van der Waals surface area contributed by atoms with E-state index in [0.717, 1.165) is 43.9 Å². The number of hydrogen-bond acceptors (Lipinski definition) is 5. The van der Waals surface area contributed by atoms with Crippen LogP contribution in [0.3, 0.4) is 0 Å². The van der Waals surface area contributed by atoms with E-state index in [1.54, 1.807) is 36.4 Å². The minimum Gasteiger partial charge on any atom is -0.353 e. The van der Waals surface area contributed by atoms with Crippen LogP contribution in [-0.2, 0) is 12.6 Å². The van der Waals surface area contributed by atoms with Crippen molar-refractivity contribution >= 4 is 34.1 Å². The number of rotatable bonds is 6. The standard InChI is InChI=1S/C29H28F3N5O/c1-2-3-20-12-13-33-27(18-20)36-14-16-37(17-15-36)28(38)22-5-9-24(10-6-22)34-26-11-7-21-4-8-23(29(30,31)32)19-25(21)35-26/h4-13,18-19H,2-3,14-17H2,1H3,(H,34,35). The number of piperazine rings is 1. The fourth-order valence-corrected chi connectivity index (χ4v) is 4.61. The summed E-state index contributed by atoms with van der Waals surface area (Å²) in [6.45, 7) is 4.82. The zero-order valence-corrected chi connectivity index (χ0v) is 21.0. The Labute approximate surface area is 219 Å². The summed E-state index contributed by atoms with van der Waals surface area (Å²) in [5.74, 6) is 1.34. The van der Waals surface area contributed by atoms with Crippen LogP contribution in [0.25, 0.3) is 10.9 Å². The lowest BCUT2D eigenvalue weighted by Gasteiger charge is -2.35. The Morgan fingerprint density at radius 2 is 1.68 bits per heavy atom. The van der Waals surface area contributed by atoms with Crippen molar-refractivity contribution < 1.29 is 18.0 Å². The van der Waals surface area contributed by atoms with Gasteiger partial charge >= 0.3 is 6.18 Å². The summed E-state index contributed by atoms with van der Waals surface area (Å²) in [5.41, 5.74) is 2.05. The number of nitrogens with one attached hydrogen (secondary N) is 1. The van der Waals surface area contributed by atoms with Gasteiger partial charge in [0.1, 0.15) is 11.6 Å². The molecule has 2 aromatic carbocycles. The molecule has 1 amide bonds. The van der Waals surface area contributed by atoms with Gasteiger partial charge in [-0.25, -0.2) is 9.97 Å². The minimum atomic E-state index is -4.43. The van der Waals surface area contributed by atoms with E-state index in [9.17, 15) is 18.0 Å². The number of anilines is 3. The van der Waals surface area contributed by atoms with Gasteiger partial charge in [-0.15, -0.1) is 0 Å². The maximum Gasteiger partial charge on any atom is 0.416 e. The van der Waals surface area contributed by atoms with Crippen LogP contribution in [0.5, 0.6) is 0 Å². The highest BCUT2D eigenvalue weighted by Gasteiger charge is 2.30. The predicted molar refractivity (Wildman–Crippen MR) is 143 cm³/mol. The number of pyridine rings is 2. The zero-order valence-electron chi connectivity index (χ0n) is 21.0. The molecule has 3 heterocycles. The maximum atomic E-state index is 13.1. The third-order valence-corrected chi connectivity index (χ3v) is 6.66. The third-order valence-electron chi connectivity index (χ3n) is 6.66. The Balaban J connectivity index is 1.21. The van der Waals surface area contributed by atoms with E-state index in [1.807, 2.05) is 17.2 Å². The Bertz CT molecular complexity index is 1430. The molecule has 0 aliphatic carbocycles. The van der Waals surface area contributed by atoms with Crippen molar-refractivity contribution in [1.82, 2.24) is 14.9 Å². The van der Waals surface area contributed by atoms with Crippen molar-refractivity contribution in [3.8, 4) is 0 Å². The molecule has 1 saturated heterocycles. The Morgan fingerprint density at radius 3 is 2.39 bits per heavy atom. The molecule has 2 aromatic heterocycles. The van der Waals surface area contributed by atoms with E-state index >= 15 is 0 Å². The average molecular weight is 520 g/mol. The van der Waals surface area contributed by atoms with Gasteiger partial charge in [0.2, 0.25) is 0 Å². The van der Waals surface area contributed by atoms with Crippen LogP contribution >= 0.6 is 0 Å². The largest absolute Gasteiger partial charge is 0.416 e. The lowest BCUT2D eigenvalue weighted by atomic mass is 10.1. The predicted octanol–water partition coefficient (Wildman–Crippen LogP) is 6.31. The minimum absolute atomic E-state index is 0.0348. The summed E-state index contributed by atoms with van der Waals surface area (Å²) < 4.78 is 39.2. The van der Waals surface area contributed by atoms with Gasteiger partial charge in [0.15, 0.2) is 0 Å². The molecule has 0 atom stereocenters. The summed E-state index contributed by atoms with van der Waals surface area (Å²) in [7, 11) is 0. The van der Waals surface area contributed by atoms with Crippen molar-refractivity contribution in [3.63, 3.8) is 0 Å². The maximum absolute atomic E-state index is 13.1. The smallest absolute Gasteiger partial charge is 0.353 e. The Morgan fingerprint density at radius 1 is 0.947 bits per heavy atom. The van der Waals surface area contributed by atoms with E-state index in [1.165, 1.54) is 11.6 Å². The van der Waals surface area contributed by atoms with Crippen LogP contribution in [0, 0.1) is 0 Å². The molecule has 0 spiro atoms. The summed E-state index contributed by atoms with van der Waals surface area (Å²) in [6.07, 6.45) is -0.470. The fraction of sp³-hybridized carbons (Fsp3) is 0.276. The molecular weight excluding hydrogens is 491 g/mol. The molecule has 4 aromatic rings. The number of benzene rings is 2. The van der Waals surface area contributed by atoms with Crippen LogP contribution in [0.15, 0.2) is 72.9 Å². The monoisotopic (exact) mass is 519 g/mol. The van der Waals surface area contributed by atoms with Crippen molar-refractivity contribution in [2.45, 2.75) is 25.9 Å². The first-order chi connectivity index (χ1) is 18.3. The fourth-order valence-electron chi connectivity index (χ4n) is 4.61. The number of halogens is 3. The molecule has 6 nitrogen and oxygen atoms in total. The highest BCUT2D eigenvalue weighted by atomic mass is 19.4. The summed E-state index contributed by atoms with van der Waals surface area (Å²) in [5, 5.41) is 3.73. The number of alkyl halides is 3. The number of aryl methyl sites for hydroxylation is 1. The normalized spacial score (nSPS) is 14.1. The molecule has 38 heavy (non-hydrogen) atoms. The van der Waals surface area contributed by atoms with E-state index < -0.39 is 11.7 Å². The number of nitrogens with zero attached hydrogens (tertiary/aromatic N) is 4. The quantitative estimate of drug-likeness (QED) is 0.324. The van der Waals surface area contributed by atoms with Crippen LogP contribution < -0.4 is 10.2 Å².